The molecule has 1 unspecified atom stereocenters. The van der Waals surface area contributed by atoms with Gasteiger partial charge in [0, 0.05) is 20.2 Å². The van der Waals surface area contributed by atoms with Crippen LogP contribution in [0, 0.1) is 11.8 Å². The van der Waals surface area contributed by atoms with Crippen molar-refractivity contribution in [3.05, 3.63) is 0 Å². The Bertz CT molecular complexity index is 256. The van der Waals surface area contributed by atoms with Crippen LogP contribution in [0.15, 0.2) is 0 Å². The van der Waals surface area contributed by atoms with Crippen molar-refractivity contribution in [2.24, 2.45) is 17.6 Å². The number of ether oxygens (including phenoxy) is 1. The molecule has 0 aliphatic carbocycles. The van der Waals surface area contributed by atoms with Gasteiger partial charge < -0.3 is 20.5 Å². The van der Waals surface area contributed by atoms with Gasteiger partial charge in [0.2, 0.25) is 5.91 Å². The molecule has 100 valence electrons. The number of carbonyl (C=O) groups is 2. The summed E-state index contributed by atoms with van der Waals surface area (Å²) in [6.45, 7) is 4.28. The molecule has 0 aliphatic rings. The number of nitrogens with zero attached hydrogens (tertiary/aromatic N) is 1. The number of hydrogen-bond acceptors (Lipinski definition) is 4. The zero-order valence-corrected chi connectivity index (χ0v) is 10.7. The molecule has 6 nitrogen and oxygen atoms in total. The number of nitrogens with two attached hydrogens (primary N) is 1. The number of methoxy groups -OCH3 is 1. The predicted molar refractivity (Wildman–Crippen MR) is 63.5 cm³/mol. The average Bonchev–Trinajstić information content (AvgIpc) is 2.23. The van der Waals surface area contributed by atoms with Crippen LogP contribution in [-0.2, 0) is 14.3 Å². The largest absolute Gasteiger partial charge is 0.480 e. The molecule has 0 bridgehead atoms. The molecule has 0 aliphatic heterocycles. The minimum atomic E-state index is -1.03. The molecule has 17 heavy (non-hydrogen) atoms. The Morgan fingerprint density at radius 2 is 2.00 bits per heavy atom. The van der Waals surface area contributed by atoms with Crippen LogP contribution in [0.1, 0.15) is 13.8 Å². The summed E-state index contributed by atoms with van der Waals surface area (Å²) in [5.74, 6) is -1.51. The minimum Gasteiger partial charge on any atom is -0.480 e. The zero-order chi connectivity index (χ0) is 13.4. The maximum absolute atomic E-state index is 12.1. The molecule has 0 aromatic rings. The zero-order valence-electron chi connectivity index (χ0n) is 10.7. The number of rotatable bonds is 8. The summed E-state index contributed by atoms with van der Waals surface area (Å²) in [5, 5.41) is 8.76. The van der Waals surface area contributed by atoms with E-state index < -0.39 is 5.97 Å². The van der Waals surface area contributed by atoms with Crippen LogP contribution in [0.3, 0.4) is 0 Å². The van der Waals surface area contributed by atoms with Gasteiger partial charge >= 0.3 is 5.97 Å². The van der Waals surface area contributed by atoms with Crippen molar-refractivity contribution in [1.82, 2.24) is 4.90 Å². The van der Waals surface area contributed by atoms with Crippen LogP contribution < -0.4 is 5.73 Å². The number of carboxylic acid groups (broad SMARTS) is 1. The molecular formula is C11H22N2O4. The summed E-state index contributed by atoms with van der Waals surface area (Å²) in [7, 11) is 1.51. The average molecular weight is 246 g/mol. The molecule has 3 N–H and O–H groups in total. The molecule has 1 amide bonds. The molecule has 1 atom stereocenters. The Morgan fingerprint density at radius 3 is 2.35 bits per heavy atom. The van der Waals surface area contributed by atoms with Crippen LogP contribution in [0.4, 0.5) is 0 Å². The maximum atomic E-state index is 12.1. The van der Waals surface area contributed by atoms with E-state index in [0.717, 1.165) is 0 Å². The van der Waals surface area contributed by atoms with Crippen LogP contribution in [0.25, 0.3) is 0 Å². The number of carbonyl (C=O) groups excluding carboxylic acids is 1. The van der Waals surface area contributed by atoms with Gasteiger partial charge in [-0.3, -0.25) is 9.59 Å². The quantitative estimate of drug-likeness (QED) is 0.617. The van der Waals surface area contributed by atoms with Crippen molar-refractivity contribution < 1.29 is 19.4 Å². The van der Waals surface area contributed by atoms with Gasteiger partial charge in [0.05, 0.1) is 12.5 Å². The highest BCUT2D eigenvalue weighted by Crippen LogP contribution is 2.13. The monoisotopic (exact) mass is 246 g/mol. The van der Waals surface area contributed by atoms with Gasteiger partial charge in [0.25, 0.3) is 0 Å². The SMILES string of the molecule is COCCN(CC(=O)O)C(=O)C(CN)C(C)C. The fourth-order valence-electron chi connectivity index (χ4n) is 1.52. The summed E-state index contributed by atoms with van der Waals surface area (Å²) in [6.07, 6.45) is 0. The van der Waals surface area contributed by atoms with E-state index in [4.69, 9.17) is 15.6 Å². The van der Waals surface area contributed by atoms with E-state index in [1.807, 2.05) is 13.8 Å². The topological polar surface area (TPSA) is 92.9 Å². The van der Waals surface area contributed by atoms with Crippen molar-refractivity contribution in [2.75, 3.05) is 33.4 Å². The first-order chi connectivity index (χ1) is 7.93. The fourth-order valence-corrected chi connectivity index (χ4v) is 1.52. The first-order valence-electron chi connectivity index (χ1n) is 5.63. The van der Waals surface area contributed by atoms with Crippen molar-refractivity contribution in [3.63, 3.8) is 0 Å². The van der Waals surface area contributed by atoms with E-state index in [1.54, 1.807) is 0 Å². The third kappa shape index (κ3) is 5.65. The lowest BCUT2D eigenvalue weighted by atomic mass is 9.94. The van der Waals surface area contributed by atoms with E-state index in [1.165, 1.54) is 12.0 Å². The van der Waals surface area contributed by atoms with E-state index in [2.05, 4.69) is 0 Å². The summed E-state index contributed by atoms with van der Waals surface area (Å²) >= 11 is 0. The second-order valence-corrected chi connectivity index (χ2v) is 4.23. The molecule has 0 radical (unpaired) electrons. The second-order valence-electron chi connectivity index (χ2n) is 4.23. The molecule has 6 heteroatoms. The lowest BCUT2D eigenvalue weighted by Crippen LogP contribution is -2.45. The molecule has 0 aromatic heterocycles. The first kappa shape index (κ1) is 15.9. The van der Waals surface area contributed by atoms with E-state index >= 15 is 0 Å². The highest BCUT2D eigenvalue weighted by Gasteiger charge is 2.26. The van der Waals surface area contributed by atoms with Gasteiger partial charge in [-0.2, -0.15) is 0 Å². The van der Waals surface area contributed by atoms with Gasteiger partial charge in [-0.15, -0.1) is 0 Å². The molecule has 0 saturated carbocycles. The van der Waals surface area contributed by atoms with Crippen LogP contribution in [-0.4, -0.2) is 55.2 Å². The smallest absolute Gasteiger partial charge is 0.323 e. The Kier molecular flexibility index (Phi) is 7.49. The van der Waals surface area contributed by atoms with Crippen molar-refractivity contribution in [2.45, 2.75) is 13.8 Å². The maximum Gasteiger partial charge on any atom is 0.323 e. The Morgan fingerprint density at radius 1 is 1.41 bits per heavy atom. The van der Waals surface area contributed by atoms with Gasteiger partial charge in [0.1, 0.15) is 6.54 Å². The van der Waals surface area contributed by atoms with E-state index in [-0.39, 0.29) is 37.4 Å². The first-order valence-corrected chi connectivity index (χ1v) is 5.63. The molecular weight excluding hydrogens is 224 g/mol. The van der Waals surface area contributed by atoms with Crippen molar-refractivity contribution >= 4 is 11.9 Å². The third-order valence-electron chi connectivity index (χ3n) is 2.58. The number of hydrogen-bond donors (Lipinski definition) is 2. The Hall–Kier alpha value is -1.14. The van der Waals surface area contributed by atoms with Crippen molar-refractivity contribution in [1.29, 1.82) is 0 Å². The molecule has 0 spiro atoms. The standard InChI is InChI=1S/C11H22N2O4/c1-8(2)9(6-12)11(16)13(4-5-17-3)7-10(14)15/h8-9H,4-7,12H2,1-3H3,(H,14,15). The van der Waals surface area contributed by atoms with E-state index in [9.17, 15) is 9.59 Å². The lowest BCUT2D eigenvalue weighted by molar-refractivity contribution is -0.147. The van der Waals surface area contributed by atoms with Crippen LogP contribution >= 0.6 is 0 Å². The molecule has 0 aromatic carbocycles. The summed E-state index contributed by atoms with van der Waals surface area (Å²) in [6, 6.07) is 0. The molecule has 0 fully saturated rings. The fraction of sp³-hybridized carbons (Fsp3) is 0.818. The van der Waals surface area contributed by atoms with Gasteiger partial charge in [-0.1, -0.05) is 13.8 Å². The van der Waals surface area contributed by atoms with Gasteiger partial charge in [-0.05, 0) is 5.92 Å². The lowest BCUT2D eigenvalue weighted by Gasteiger charge is -2.27. The van der Waals surface area contributed by atoms with Crippen LogP contribution in [0.5, 0.6) is 0 Å². The van der Waals surface area contributed by atoms with Crippen LogP contribution in [0.2, 0.25) is 0 Å². The second kappa shape index (κ2) is 8.03. The number of carboxylic acids is 1. The molecule has 0 rings (SSSR count). The summed E-state index contributed by atoms with van der Waals surface area (Å²) in [4.78, 5) is 24.1. The normalized spacial score (nSPS) is 12.5. The van der Waals surface area contributed by atoms with Gasteiger partial charge in [-0.25, -0.2) is 0 Å². The Labute approximate surface area is 102 Å². The van der Waals surface area contributed by atoms with E-state index in [0.29, 0.717) is 6.61 Å². The third-order valence-corrected chi connectivity index (χ3v) is 2.58. The summed E-state index contributed by atoms with van der Waals surface area (Å²) < 4.78 is 4.86. The molecule has 0 heterocycles. The van der Waals surface area contributed by atoms with Gasteiger partial charge in [0.15, 0.2) is 0 Å². The number of amides is 1. The highest BCUT2D eigenvalue weighted by molar-refractivity contribution is 5.83. The molecule has 0 saturated heterocycles. The predicted octanol–water partition coefficient (Wildman–Crippen LogP) is -0.223. The summed E-state index contributed by atoms with van der Waals surface area (Å²) in [5.41, 5.74) is 5.55. The van der Waals surface area contributed by atoms with Crippen molar-refractivity contribution in [3.8, 4) is 0 Å². The Balaban J connectivity index is 4.64. The highest BCUT2D eigenvalue weighted by atomic mass is 16.5. The minimum absolute atomic E-state index is 0.0892. The number of aliphatic carboxylic acids is 1.